The maximum absolute atomic E-state index is 13.3. The van der Waals surface area contributed by atoms with Crippen LogP contribution in [0.15, 0.2) is 54.7 Å². The van der Waals surface area contributed by atoms with Gasteiger partial charge in [0.15, 0.2) is 5.78 Å². The second-order valence-corrected chi connectivity index (χ2v) is 6.08. The number of amides is 1. The normalized spacial score (nSPS) is 16.8. The summed E-state index contributed by atoms with van der Waals surface area (Å²) in [6, 6.07) is 15.7. The number of Topliss-reactive ketones (excluding diaryl/α,β-unsaturated/α-hetero) is 1. The highest BCUT2D eigenvalue weighted by atomic mass is 16.2. The fourth-order valence-electron chi connectivity index (χ4n) is 3.21. The third kappa shape index (κ3) is 3.58. The fourth-order valence-corrected chi connectivity index (χ4v) is 3.21. The lowest BCUT2D eigenvalue weighted by atomic mass is 9.89. The zero-order valence-corrected chi connectivity index (χ0v) is 13.8. The van der Waals surface area contributed by atoms with Gasteiger partial charge >= 0.3 is 0 Å². The summed E-state index contributed by atoms with van der Waals surface area (Å²) < 4.78 is 0. The summed E-state index contributed by atoms with van der Waals surface area (Å²) in [5.41, 5.74) is 1.15. The molecule has 0 aliphatic carbocycles. The maximum Gasteiger partial charge on any atom is 0.223 e. The van der Waals surface area contributed by atoms with E-state index in [1.807, 2.05) is 30.3 Å². The molecule has 1 aromatic carbocycles. The van der Waals surface area contributed by atoms with Crippen LogP contribution in [-0.4, -0.2) is 28.1 Å². The van der Waals surface area contributed by atoms with E-state index >= 15 is 0 Å². The standard InChI is InChI=1S/C20H19N3O2/c21-14-16(17-10-4-6-12-22-17)20(25)19(15-8-2-1-3-9-15)23-13-7-5-11-18(23)24/h1-4,6,8-10,12,16,19H,5,7,11,13H2/t16-,19-/m1/s1. The van der Waals surface area contributed by atoms with Gasteiger partial charge in [-0.15, -0.1) is 0 Å². The first-order valence-electron chi connectivity index (χ1n) is 8.41. The Morgan fingerprint density at radius 2 is 1.88 bits per heavy atom. The largest absolute Gasteiger partial charge is 0.328 e. The van der Waals surface area contributed by atoms with E-state index in [4.69, 9.17) is 0 Å². The molecule has 1 aromatic heterocycles. The molecule has 25 heavy (non-hydrogen) atoms. The number of nitriles is 1. The van der Waals surface area contributed by atoms with Crippen molar-refractivity contribution in [2.45, 2.75) is 31.2 Å². The molecular formula is C20H19N3O2. The Balaban J connectivity index is 2.00. The summed E-state index contributed by atoms with van der Waals surface area (Å²) in [5.74, 6) is -1.34. The van der Waals surface area contributed by atoms with Crippen LogP contribution in [0.4, 0.5) is 0 Å². The van der Waals surface area contributed by atoms with E-state index in [0.29, 0.717) is 18.7 Å². The summed E-state index contributed by atoms with van der Waals surface area (Å²) in [6.07, 6.45) is 3.71. The smallest absolute Gasteiger partial charge is 0.223 e. The summed E-state index contributed by atoms with van der Waals surface area (Å²) in [6.45, 7) is 0.532. The Morgan fingerprint density at radius 3 is 2.52 bits per heavy atom. The Bertz CT molecular complexity index is 784. The Kier molecular flexibility index (Phi) is 5.20. The second kappa shape index (κ2) is 7.71. The third-order valence-electron chi connectivity index (χ3n) is 4.45. The summed E-state index contributed by atoms with van der Waals surface area (Å²) >= 11 is 0. The Morgan fingerprint density at radius 1 is 1.12 bits per heavy atom. The molecule has 0 spiro atoms. The molecule has 1 fully saturated rings. The molecule has 0 saturated carbocycles. The van der Waals surface area contributed by atoms with Crippen molar-refractivity contribution in [2.75, 3.05) is 6.54 Å². The van der Waals surface area contributed by atoms with E-state index in [1.165, 1.54) is 0 Å². The lowest BCUT2D eigenvalue weighted by molar-refractivity contribution is -0.142. The molecule has 2 aromatic rings. The summed E-state index contributed by atoms with van der Waals surface area (Å²) in [4.78, 5) is 31.5. The molecule has 0 bridgehead atoms. The van der Waals surface area contributed by atoms with Crippen molar-refractivity contribution in [2.24, 2.45) is 0 Å². The van der Waals surface area contributed by atoms with Crippen molar-refractivity contribution in [3.8, 4) is 6.07 Å². The van der Waals surface area contributed by atoms with Crippen LogP contribution in [0.2, 0.25) is 0 Å². The van der Waals surface area contributed by atoms with Gasteiger partial charge in [-0.05, 0) is 30.5 Å². The van der Waals surface area contributed by atoms with Gasteiger partial charge in [-0.3, -0.25) is 14.6 Å². The number of hydrogen-bond donors (Lipinski definition) is 0. The minimum atomic E-state index is -0.999. The quantitative estimate of drug-likeness (QED) is 0.843. The molecule has 2 heterocycles. The van der Waals surface area contributed by atoms with Crippen LogP contribution in [0.5, 0.6) is 0 Å². The predicted molar refractivity (Wildman–Crippen MR) is 92.3 cm³/mol. The predicted octanol–water partition coefficient (Wildman–Crippen LogP) is 3.01. The van der Waals surface area contributed by atoms with Crippen LogP contribution >= 0.6 is 0 Å². The summed E-state index contributed by atoms with van der Waals surface area (Å²) in [7, 11) is 0. The van der Waals surface area contributed by atoms with E-state index in [2.05, 4.69) is 11.1 Å². The average Bonchev–Trinajstić information content (AvgIpc) is 2.66. The highest BCUT2D eigenvalue weighted by molar-refractivity contribution is 5.96. The van der Waals surface area contributed by atoms with Crippen LogP contribution in [0.3, 0.4) is 0 Å². The van der Waals surface area contributed by atoms with Gasteiger partial charge in [-0.25, -0.2) is 0 Å². The lowest BCUT2D eigenvalue weighted by Crippen LogP contribution is -2.43. The van der Waals surface area contributed by atoms with Crippen LogP contribution in [0.1, 0.15) is 42.5 Å². The molecular weight excluding hydrogens is 314 g/mol. The molecule has 1 amide bonds. The summed E-state index contributed by atoms with van der Waals surface area (Å²) in [5, 5.41) is 9.60. The number of benzene rings is 1. The second-order valence-electron chi connectivity index (χ2n) is 6.08. The van der Waals surface area contributed by atoms with Gasteiger partial charge < -0.3 is 4.90 Å². The average molecular weight is 333 g/mol. The molecule has 2 atom stereocenters. The Hall–Kier alpha value is -3.00. The van der Waals surface area contributed by atoms with Gasteiger partial charge in [0.05, 0.1) is 11.8 Å². The van der Waals surface area contributed by atoms with Crippen LogP contribution in [0, 0.1) is 11.3 Å². The first-order chi connectivity index (χ1) is 12.2. The SMILES string of the molecule is N#C[C@@H](C(=O)[C@@H](c1ccccc1)N1CCCCC1=O)c1ccccn1. The van der Waals surface area contributed by atoms with E-state index in [0.717, 1.165) is 18.4 Å². The van der Waals surface area contributed by atoms with Gasteiger partial charge in [-0.2, -0.15) is 5.26 Å². The lowest BCUT2D eigenvalue weighted by Gasteiger charge is -2.34. The molecule has 126 valence electrons. The number of aromatic nitrogens is 1. The molecule has 1 aliphatic rings. The van der Waals surface area contributed by atoms with Crippen LogP contribution in [0.25, 0.3) is 0 Å². The number of nitrogens with zero attached hydrogens (tertiary/aromatic N) is 3. The van der Waals surface area contributed by atoms with Crippen LogP contribution in [-0.2, 0) is 9.59 Å². The topological polar surface area (TPSA) is 74.1 Å². The van der Waals surface area contributed by atoms with Gasteiger partial charge in [0.1, 0.15) is 12.0 Å². The number of hydrogen-bond acceptors (Lipinski definition) is 4. The maximum atomic E-state index is 13.3. The van der Waals surface area contributed by atoms with Crippen molar-refractivity contribution in [1.29, 1.82) is 5.26 Å². The molecule has 5 heteroatoms. The molecule has 1 aliphatic heterocycles. The third-order valence-corrected chi connectivity index (χ3v) is 4.45. The minimum absolute atomic E-state index is 0.0360. The van der Waals surface area contributed by atoms with Crippen molar-refractivity contribution in [3.05, 3.63) is 66.0 Å². The molecule has 3 rings (SSSR count). The van der Waals surface area contributed by atoms with Crippen LogP contribution < -0.4 is 0 Å². The highest BCUT2D eigenvalue weighted by Crippen LogP contribution is 2.31. The molecule has 0 radical (unpaired) electrons. The zero-order valence-electron chi connectivity index (χ0n) is 13.8. The fraction of sp³-hybridized carbons (Fsp3) is 0.300. The Labute approximate surface area is 146 Å². The number of piperidine rings is 1. The highest BCUT2D eigenvalue weighted by Gasteiger charge is 2.37. The van der Waals surface area contributed by atoms with E-state index in [9.17, 15) is 14.9 Å². The number of pyridine rings is 1. The first kappa shape index (κ1) is 16.8. The van der Waals surface area contributed by atoms with Crippen molar-refractivity contribution >= 4 is 11.7 Å². The molecule has 5 nitrogen and oxygen atoms in total. The minimum Gasteiger partial charge on any atom is -0.328 e. The molecule has 0 N–H and O–H groups in total. The van der Waals surface area contributed by atoms with E-state index in [-0.39, 0.29) is 11.7 Å². The number of carbonyl (C=O) groups excluding carboxylic acids is 2. The molecule has 1 saturated heterocycles. The van der Waals surface area contributed by atoms with Crippen molar-refractivity contribution in [1.82, 2.24) is 9.88 Å². The van der Waals surface area contributed by atoms with E-state index in [1.54, 1.807) is 29.3 Å². The van der Waals surface area contributed by atoms with Gasteiger partial charge in [-0.1, -0.05) is 36.4 Å². The number of ketones is 1. The first-order valence-corrected chi connectivity index (χ1v) is 8.41. The van der Waals surface area contributed by atoms with E-state index < -0.39 is 12.0 Å². The molecule has 0 unspecified atom stereocenters. The number of carbonyl (C=O) groups is 2. The van der Waals surface area contributed by atoms with Gasteiger partial charge in [0.25, 0.3) is 0 Å². The van der Waals surface area contributed by atoms with Crippen molar-refractivity contribution in [3.63, 3.8) is 0 Å². The number of likely N-dealkylation sites (tertiary alicyclic amines) is 1. The monoisotopic (exact) mass is 333 g/mol. The van der Waals surface area contributed by atoms with Crippen molar-refractivity contribution < 1.29 is 9.59 Å². The van der Waals surface area contributed by atoms with Gasteiger partial charge in [0.2, 0.25) is 5.91 Å². The number of rotatable bonds is 5. The zero-order chi connectivity index (χ0) is 17.6. The van der Waals surface area contributed by atoms with Gasteiger partial charge in [0, 0.05) is 19.2 Å².